The van der Waals surface area contributed by atoms with Gasteiger partial charge in [-0.1, -0.05) is 0 Å². The van der Waals surface area contributed by atoms with Crippen LogP contribution in [0.1, 0.15) is 6.92 Å². The molecule has 0 aromatic rings. The van der Waals surface area contributed by atoms with Crippen LogP contribution in [0.4, 0.5) is 4.79 Å². The van der Waals surface area contributed by atoms with E-state index in [0.717, 1.165) is 0 Å². The zero-order valence-electron chi connectivity index (χ0n) is 9.52. The summed E-state index contributed by atoms with van der Waals surface area (Å²) in [6.45, 7) is 1.53. The van der Waals surface area contributed by atoms with Gasteiger partial charge in [0.15, 0.2) is 0 Å². The molecule has 0 heterocycles. The summed E-state index contributed by atoms with van der Waals surface area (Å²) >= 11 is 0. The Kier molecular flexibility index (Phi) is 8.39. The molecule has 0 spiro atoms. The van der Waals surface area contributed by atoms with Crippen LogP contribution in [0.25, 0.3) is 0 Å². The van der Waals surface area contributed by atoms with Gasteiger partial charge < -0.3 is 25.2 Å². The Bertz CT molecular complexity index is 268. The second kappa shape index (κ2) is 9.40. The van der Waals surface area contributed by atoms with Gasteiger partial charge in [0.1, 0.15) is 13.2 Å². The molecule has 0 aliphatic carbocycles. The van der Waals surface area contributed by atoms with Crippen LogP contribution in [0.5, 0.6) is 0 Å². The first-order valence-electron chi connectivity index (χ1n) is 5.03. The van der Waals surface area contributed by atoms with Crippen molar-refractivity contribution in [2.75, 3.05) is 32.9 Å². The highest BCUT2D eigenvalue weighted by Crippen LogP contribution is 1.76. The van der Waals surface area contributed by atoms with Crippen LogP contribution >= 0.6 is 0 Å². The summed E-state index contributed by atoms with van der Waals surface area (Å²) in [4.78, 5) is 32.0. The Morgan fingerprint density at radius 2 is 1.94 bits per heavy atom. The molecule has 0 fully saturated rings. The Labute approximate surface area is 98.3 Å². The van der Waals surface area contributed by atoms with Gasteiger partial charge in [-0.2, -0.15) is 0 Å². The highest BCUT2D eigenvalue weighted by Gasteiger charge is 2.04. The molecule has 0 bridgehead atoms. The Balaban J connectivity index is 3.40. The van der Waals surface area contributed by atoms with E-state index in [1.165, 1.54) is 0 Å². The number of hydrogen-bond donors (Lipinski definition) is 3. The normalized spacial score (nSPS) is 9.47. The predicted octanol–water partition coefficient (Wildman–Crippen LogP) is -1.05. The molecule has 0 rings (SSSR count). The SMILES string of the molecule is CCOC(=O)CNC(=O)NCCOCC(=O)O. The fraction of sp³-hybridized carbons (Fsp3) is 0.667. The van der Waals surface area contributed by atoms with Crippen molar-refractivity contribution >= 4 is 18.0 Å². The van der Waals surface area contributed by atoms with Crippen LogP contribution in [0.3, 0.4) is 0 Å². The fourth-order valence-corrected chi connectivity index (χ4v) is 0.823. The number of nitrogens with one attached hydrogen (secondary N) is 2. The lowest BCUT2D eigenvalue weighted by molar-refractivity contribution is -0.143. The number of carboxylic acid groups (broad SMARTS) is 1. The van der Waals surface area contributed by atoms with E-state index in [0.29, 0.717) is 0 Å². The summed E-state index contributed by atoms with van der Waals surface area (Å²) in [5.41, 5.74) is 0. The largest absolute Gasteiger partial charge is 0.480 e. The molecule has 0 aliphatic heterocycles. The number of hydrogen-bond acceptors (Lipinski definition) is 5. The molecule has 0 saturated carbocycles. The van der Waals surface area contributed by atoms with Gasteiger partial charge in [0.05, 0.1) is 13.2 Å². The second-order valence-corrected chi connectivity index (χ2v) is 2.86. The van der Waals surface area contributed by atoms with Crippen molar-refractivity contribution in [3.63, 3.8) is 0 Å². The highest BCUT2D eigenvalue weighted by atomic mass is 16.5. The third-order valence-electron chi connectivity index (χ3n) is 1.46. The Hall–Kier alpha value is -1.83. The minimum Gasteiger partial charge on any atom is -0.480 e. The van der Waals surface area contributed by atoms with Crippen molar-refractivity contribution in [2.45, 2.75) is 6.92 Å². The molecule has 0 aromatic heterocycles. The molecule has 0 unspecified atom stereocenters. The number of esters is 1. The first-order valence-corrected chi connectivity index (χ1v) is 5.03. The van der Waals surface area contributed by atoms with Gasteiger partial charge >= 0.3 is 18.0 Å². The first kappa shape index (κ1) is 15.2. The van der Waals surface area contributed by atoms with Crippen molar-refractivity contribution in [3.05, 3.63) is 0 Å². The summed E-state index contributed by atoms with van der Waals surface area (Å²) in [6, 6.07) is -0.544. The quantitative estimate of drug-likeness (QED) is 0.373. The molecule has 17 heavy (non-hydrogen) atoms. The van der Waals surface area contributed by atoms with Crippen molar-refractivity contribution in [3.8, 4) is 0 Å². The second-order valence-electron chi connectivity index (χ2n) is 2.86. The van der Waals surface area contributed by atoms with Crippen molar-refractivity contribution in [2.24, 2.45) is 0 Å². The van der Waals surface area contributed by atoms with Gasteiger partial charge in [-0.15, -0.1) is 0 Å². The Morgan fingerprint density at radius 1 is 1.24 bits per heavy atom. The average molecular weight is 248 g/mol. The number of ether oxygens (including phenoxy) is 2. The number of urea groups is 1. The van der Waals surface area contributed by atoms with Gasteiger partial charge in [-0.3, -0.25) is 4.79 Å². The predicted molar refractivity (Wildman–Crippen MR) is 56.5 cm³/mol. The topological polar surface area (TPSA) is 114 Å². The van der Waals surface area contributed by atoms with E-state index in [-0.39, 0.29) is 26.3 Å². The van der Waals surface area contributed by atoms with Gasteiger partial charge in [0.25, 0.3) is 0 Å². The van der Waals surface area contributed by atoms with E-state index in [4.69, 9.17) is 5.11 Å². The maximum atomic E-state index is 11.0. The van der Waals surface area contributed by atoms with Crippen molar-refractivity contribution in [1.29, 1.82) is 0 Å². The number of amides is 2. The number of carbonyl (C=O) groups excluding carboxylic acids is 2. The summed E-state index contributed by atoms with van der Waals surface area (Å²) in [7, 11) is 0. The molecule has 3 N–H and O–H groups in total. The first-order chi connectivity index (χ1) is 8.06. The molecule has 0 atom stereocenters. The van der Waals surface area contributed by atoms with Gasteiger partial charge in [0, 0.05) is 6.54 Å². The fourth-order valence-electron chi connectivity index (χ4n) is 0.823. The lowest BCUT2D eigenvalue weighted by Crippen LogP contribution is -2.40. The molecule has 8 heteroatoms. The van der Waals surface area contributed by atoms with Gasteiger partial charge in [0.2, 0.25) is 0 Å². The smallest absolute Gasteiger partial charge is 0.329 e. The Morgan fingerprint density at radius 3 is 2.53 bits per heavy atom. The number of carboxylic acids is 1. The van der Waals surface area contributed by atoms with Crippen LogP contribution in [0, 0.1) is 0 Å². The van der Waals surface area contributed by atoms with E-state index in [1.54, 1.807) is 6.92 Å². The number of rotatable bonds is 8. The standard InChI is InChI=1S/C9H16N2O6/c1-2-17-8(14)5-11-9(15)10-3-4-16-6-7(12)13/h2-6H2,1H3,(H,12,13)(H2,10,11,15). The third kappa shape index (κ3) is 10.5. The minimum atomic E-state index is -1.07. The van der Waals surface area contributed by atoms with E-state index in [9.17, 15) is 14.4 Å². The molecule has 0 aromatic carbocycles. The van der Waals surface area contributed by atoms with E-state index in [2.05, 4.69) is 20.1 Å². The van der Waals surface area contributed by atoms with E-state index in [1.807, 2.05) is 0 Å². The minimum absolute atomic E-state index is 0.0825. The summed E-state index contributed by atoms with van der Waals surface area (Å²) in [5.74, 6) is -1.60. The van der Waals surface area contributed by atoms with Crippen LogP contribution in [-0.2, 0) is 19.1 Å². The summed E-state index contributed by atoms with van der Waals surface area (Å²) < 4.78 is 9.27. The van der Waals surface area contributed by atoms with Crippen LogP contribution in [0.2, 0.25) is 0 Å². The third-order valence-corrected chi connectivity index (χ3v) is 1.46. The van der Waals surface area contributed by atoms with E-state index < -0.39 is 24.6 Å². The zero-order valence-corrected chi connectivity index (χ0v) is 9.52. The van der Waals surface area contributed by atoms with Crippen LogP contribution in [0.15, 0.2) is 0 Å². The summed E-state index contributed by atoms with van der Waals surface area (Å²) in [6.07, 6.45) is 0. The van der Waals surface area contributed by atoms with E-state index >= 15 is 0 Å². The highest BCUT2D eigenvalue weighted by molar-refractivity contribution is 5.80. The number of aliphatic carboxylic acids is 1. The molecule has 8 nitrogen and oxygen atoms in total. The molecule has 98 valence electrons. The number of carbonyl (C=O) groups is 3. The van der Waals surface area contributed by atoms with Gasteiger partial charge in [-0.05, 0) is 6.92 Å². The monoisotopic (exact) mass is 248 g/mol. The maximum absolute atomic E-state index is 11.0. The lowest BCUT2D eigenvalue weighted by atomic mass is 10.6. The maximum Gasteiger partial charge on any atom is 0.329 e. The molecule has 0 aliphatic rings. The summed E-state index contributed by atoms with van der Waals surface area (Å²) in [5, 5.41) is 12.9. The van der Waals surface area contributed by atoms with Crippen LogP contribution < -0.4 is 10.6 Å². The molecule has 2 amide bonds. The van der Waals surface area contributed by atoms with Gasteiger partial charge in [-0.25, -0.2) is 9.59 Å². The molecule has 0 saturated heterocycles. The molecular formula is C9H16N2O6. The lowest BCUT2D eigenvalue weighted by Gasteiger charge is -2.07. The average Bonchev–Trinajstić information content (AvgIpc) is 2.26. The van der Waals surface area contributed by atoms with Crippen molar-refractivity contribution in [1.82, 2.24) is 10.6 Å². The zero-order chi connectivity index (χ0) is 13.1. The van der Waals surface area contributed by atoms with Crippen LogP contribution in [-0.4, -0.2) is 56.0 Å². The molecule has 0 radical (unpaired) electrons. The molecular weight excluding hydrogens is 232 g/mol. The van der Waals surface area contributed by atoms with Crippen molar-refractivity contribution < 1.29 is 29.0 Å².